The maximum absolute atomic E-state index is 5.88. The highest BCUT2D eigenvalue weighted by molar-refractivity contribution is 7.98. The molecule has 0 fully saturated rings. The van der Waals surface area contributed by atoms with E-state index in [1.807, 2.05) is 42.5 Å². The van der Waals surface area contributed by atoms with E-state index in [1.165, 1.54) is 10.5 Å². The molecule has 23 heavy (non-hydrogen) atoms. The van der Waals surface area contributed by atoms with Gasteiger partial charge in [-0.05, 0) is 54.3 Å². The molecule has 0 atom stereocenters. The molecule has 0 spiro atoms. The average Bonchev–Trinajstić information content (AvgIpc) is 2.61. The van der Waals surface area contributed by atoms with Gasteiger partial charge in [0.15, 0.2) is 0 Å². The van der Waals surface area contributed by atoms with Crippen molar-refractivity contribution in [1.29, 1.82) is 0 Å². The van der Waals surface area contributed by atoms with Crippen LogP contribution in [0.1, 0.15) is 5.56 Å². The van der Waals surface area contributed by atoms with Gasteiger partial charge in [-0.15, -0.1) is 11.8 Å². The third kappa shape index (κ3) is 4.54. The molecule has 116 valence electrons. The van der Waals surface area contributed by atoms with Crippen molar-refractivity contribution in [1.82, 2.24) is 0 Å². The van der Waals surface area contributed by atoms with Gasteiger partial charge in [0.25, 0.3) is 0 Å². The molecule has 1 N–H and O–H groups in total. The lowest BCUT2D eigenvalue weighted by atomic mass is 10.2. The first kappa shape index (κ1) is 15.5. The van der Waals surface area contributed by atoms with Crippen LogP contribution in [-0.2, 0) is 6.54 Å². The summed E-state index contributed by atoms with van der Waals surface area (Å²) in [4.78, 5) is 1.26. The maximum atomic E-state index is 5.88. The molecule has 2 nitrogen and oxygen atoms in total. The topological polar surface area (TPSA) is 21.3 Å². The fourth-order valence-corrected chi connectivity index (χ4v) is 2.74. The zero-order valence-electron chi connectivity index (χ0n) is 13.0. The van der Waals surface area contributed by atoms with Gasteiger partial charge in [-0.2, -0.15) is 0 Å². The van der Waals surface area contributed by atoms with Crippen LogP contribution in [0.2, 0.25) is 0 Å². The van der Waals surface area contributed by atoms with Crippen molar-refractivity contribution in [3.63, 3.8) is 0 Å². The Morgan fingerprint density at radius 2 is 1.61 bits per heavy atom. The molecule has 3 aromatic rings. The van der Waals surface area contributed by atoms with Crippen molar-refractivity contribution in [3.8, 4) is 11.5 Å². The Morgan fingerprint density at radius 1 is 0.826 bits per heavy atom. The molecule has 0 unspecified atom stereocenters. The van der Waals surface area contributed by atoms with Crippen molar-refractivity contribution in [2.75, 3.05) is 11.6 Å². The minimum atomic E-state index is 0.768. The number of anilines is 1. The molecular weight excluding hydrogens is 302 g/mol. The number of hydrogen-bond donors (Lipinski definition) is 1. The lowest BCUT2D eigenvalue weighted by molar-refractivity contribution is 0.482. The quantitative estimate of drug-likeness (QED) is 0.579. The molecule has 0 aliphatic carbocycles. The summed E-state index contributed by atoms with van der Waals surface area (Å²) in [5.74, 6) is 1.71. The standard InChI is InChI=1S/C20H19NOS/c1-23-20-12-6-8-17(14-20)21-15-16-7-5-11-19(13-16)22-18-9-3-2-4-10-18/h2-14,21H,15H2,1H3. The van der Waals surface area contributed by atoms with Crippen molar-refractivity contribution < 1.29 is 4.74 Å². The second-order valence-corrected chi connectivity index (χ2v) is 6.03. The Morgan fingerprint density at radius 3 is 2.43 bits per heavy atom. The van der Waals surface area contributed by atoms with Gasteiger partial charge in [0.2, 0.25) is 0 Å². The predicted molar refractivity (Wildman–Crippen MR) is 98.5 cm³/mol. The Hall–Kier alpha value is -2.39. The maximum Gasteiger partial charge on any atom is 0.127 e. The highest BCUT2D eigenvalue weighted by Crippen LogP contribution is 2.23. The summed E-state index contributed by atoms with van der Waals surface area (Å²) in [5.41, 5.74) is 2.32. The van der Waals surface area contributed by atoms with Gasteiger partial charge in [-0.25, -0.2) is 0 Å². The Bertz CT molecular complexity index is 758. The number of benzene rings is 3. The third-order valence-electron chi connectivity index (χ3n) is 3.44. The summed E-state index contributed by atoms with van der Waals surface area (Å²) < 4.78 is 5.88. The smallest absolute Gasteiger partial charge is 0.127 e. The van der Waals surface area contributed by atoms with Crippen LogP contribution in [0.25, 0.3) is 0 Å². The molecular formula is C20H19NOS. The Balaban J connectivity index is 1.65. The monoisotopic (exact) mass is 321 g/mol. The van der Waals surface area contributed by atoms with Gasteiger partial charge in [-0.1, -0.05) is 36.4 Å². The summed E-state index contributed by atoms with van der Waals surface area (Å²) >= 11 is 1.75. The molecule has 3 rings (SSSR count). The number of nitrogens with one attached hydrogen (secondary N) is 1. The fraction of sp³-hybridized carbons (Fsp3) is 0.100. The molecule has 0 aliphatic rings. The summed E-state index contributed by atoms with van der Waals surface area (Å²) in [6.45, 7) is 0.768. The summed E-state index contributed by atoms with van der Waals surface area (Å²) in [6, 6.07) is 26.4. The summed E-state index contributed by atoms with van der Waals surface area (Å²) in [7, 11) is 0. The van der Waals surface area contributed by atoms with Crippen molar-refractivity contribution >= 4 is 17.4 Å². The first-order valence-electron chi connectivity index (χ1n) is 7.53. The van der Waals surface area contributed by atoms with Gasteiger partial charge >= 0.3 is 0 Å². The normalized spacial score (nSPS) is 10.3. The highest BCUT2D eigenvalue weighted by Gasteiger charge is 2.00. The van der Waals surface area contributed by atoms with Crippen LogP contribution in [0.15, 0.2) is 83.8 Å². The van der Waals surface area contributed by atoms with E-state index < -0.39 is 0 Å². The van der Waals surface area contributed by atoms with E-state index in [9.17, 15) is 0 Å². The van der Waals surface area contributed by atoms with E-state index in [1.54, 1.807) is 11.8 Å². The third-order valence-corrected chi connectivity index (χ3v) is 4.17. The van der Waals surface area contributed by atoms with Crippen molar-refractivity contribution in [2.45, 2.75) is 11.4 Å². The number of para-hydroxylation sites is 1. The van der Waals surface area contributed by atoms with E-state index in [2.05, 4.69) is 48.0 Å². The van der Waals surface area contributed by atoms with Crippen molar-refractivity contribution in [3.05, 3.63) is 84.4 Å². The molecule has 0 bridgehead atoms. The van der Waals surface area contributed by atoms with Gasteiger partial charge in [-0.3, -0.25) is 0 Å². The van der Waals surface area contributed by atoms with Gasteiger partial charge in [0.05, 0.1) is 0 Å². The number of hydrogen-bond acceptors (Lipinski definition) is 3. The van der Waals surface area contributed by atoms with Crippen LogP contribution in [-0.4, -0.2) is 6.26 Å². The van der Waals surface area contributed by atoms with Crippen LogP contribution in [0.3, 0.4) is 0 Å². The minimum Gasteiger partial charge on any atom is -0.457 e. The van der Waals surface area contributed by atoms with E-state index in [0.717, 1.165) is 23.7 Å². The lowest BCUT2D eigenvalue weighted by Crippen LogP contribution is -1.99. The Labute approximate surface area is 141 Å². The highest BCUT2D eigenvalue weighted by atomic mass is 32.2. The van der Waals surface area contributed by atoms with Crippen molar-refractivity contribution in [2.24, 2.45) is 0 Å². The van der Waals surface area contributed by atoms with Crippen LogP contribution < -0.4 is 10.1 Å². The largest absolute Gasteiger partial charge is 0.457 e. The molecule has 0 amide bonds. The van der Waals surface area contributed by atoms with E-state index >= 15 is 0 Å². The number of thioether (sulfide) groups is 1. The van der Waals surface area contributed by atoms with Crippen LogP contribution >= 0.6 is 11.8 Å². The average molecular weight is 321 g/mol. The molecule has 0 saturated heterocycles. The number of ether oxygens (including phenoxy) is 1. The minimum absolute atomic E-state index is 0.768. The van der Waals surface area contributed by atoms with E-state index in [-0.39, 0.29) is 0 Å². The Kier molecular flexibility index (Phi) is 5.22. The second kappa shape index (κ2) is 7.75. The second-order valence-electron chi connectivity index (χ2n) is 5.15. The van der Waals surface area contributed by atoms with Crippen LogP contribution in [0.5, 0.6) is 11.5 Å². The van der Waals surface area contributed by atoms with E-state index in [0.29, 0.717) is 0 Å². The summed E-state index contributed by atoms with van der Waals surface area (Å²) in [6.07, 6.45) is 2.09. The zero-order chi connectivity index (χ0) is 15.9. The molecule has 0 aliphatic heterocycles. The molecule has 0 saturated carbocycles. The van der Waals surface area contributed by atoms with Gasteiger partial charge < -0.3 is 10.1 Å². The molecule has 3 heteroatoms. The first-order chi connectivity index (χ1) is 11.3. The van der Waals surface area contributed by atoms with Crippen LogP contribution in [0, 0.1) is 0 Å². The summed E-state index contributed by atoms with van der Waals surface area (Å²) in [5, 5.41) is 3.46. The molecule has 0 radical (unpaired) electrons. The number of rotatable bonds is 6. The van der Waals surface area contributed by atoms with Crippen LogP contribution in [0.4, 0.5) is 5.69 Å². The van der Waals surface area contributed by atoms with Gasteiger partial charge in [0, 0.05) is 17.1 Å². The lowest BCUT2D eigenvalue weighted by Gasteiger charge is -2.10. The molecule has 0 heterocycles. The van der Waals surface area contributed by atoms with Gasteiger partial charge in [0.1, 0.15) is 11.5 Å². The SMILES string of the molecule is CSc1cccc(NCc2cccc(Oc3ccccc3)c2)c1. The van der Waals surface area contributed by atoms with E-state index in [4.69, 9.17) is 4.74 Å². The predicted octanol–water partition coefficient (Wildman–Crippen LogP) is 5.81. The first-order valence-corrected chi connectivity index (χ1v) is 8.76. The molecule has 0 aromatic heterocycles. The zero-order valence-corrected chi connectivity index (χ0v) is 13.8. The molecule has 3 aromatic carbocycles. The fourth-order valence-electron chi connectivity index (χ4n) is 2.28.